The lowest BCUT2D eigenvalue weighted by atomic mass is 10.1. The highest BCUT2D eigenvalue weighted by Gasteiger charge is 2.12. The molecule has 0 aliphatic rings. The smallest absolute Gasteiger partial charge is 0.255 e. The molecule has 0 fully saturated rings. The second-order valence-electron chi connectivity index (χ2n) is 2.97. The lowest BCUT2D eigenvalue weighted by Gasteiger charge is -2.08. The summed E-state index contributed by atoms with van der Waals surface area (Å²) < 4.78 is 5.06. The van der Waals surface area contributed by atoms with Gasteiger partial charge >= 0.3 is 0 Å². The summed E-state index contributed by atoms with van der Waals surface area (Å²) in [6.07, 6.45) is 0. The first-order chi connectivity index (χ1) is 7.72. The second kappa shape index (κ2) is 6.13. The van der Waals surface area contributed by atoms with Crippen LogP contribution in [0.4, 0.5) is 0 Å². The first-order valence-electron chi connectivity index (χ1n) is 4.65. The fraction of sp³-hybridized carbons (Fsp3) is 0.273. The molecule has 0 bridgehead atoms. The maximum absolute atomic E-state index is 11.7. The van der Waals surface area contributed by atoms with E-state index in [1.165, 1.54) is 13.2 Å². The molecule has 16 heavy (non-hydrogen) atoms. The van der Waals surface area contributed by atoms with E-state index < -0.39 is 0 Å². The molecule has 0 saturated carbocycles. The minimum absolute atomic E-state index is 0.242. The fourth-order valence-electron chi connectivity index (χ4n) is 1.21. The van der Waals surface area contributed by atoms with Crippen LogP contribution >= 0.6 is 15.9 Å². The van der Waals surface area contributed by atoms with Crippen LogP contribution in [0.1, 0.15) is 15.9 Å². The molecule has 1 N–H and O–H groups in total. The van der Waals surface area contributed by atoms with Crippen LogP contribution in [0.5, 0.6) is 5.75 Å². The highest BCUT2D eigenvalue weighted by Crippen LogP contribution is 2.19. The third-order valence-corrected chi connectivity index (χ3v) is 2.35. The molecule has 1 aromatic carbocycles. The van der Waals surface area contributed by atoms with Gasteiger partial charge in [-0.15, -0.1) is 0 Å². The van der Waals surface area contributed by atoms with Crippen molar-refractivity contribution >= 4 is 21.8 Å². The Kier molecular flexibility index (Phi) is 4.80. The van der Waals surface area contributed by atoms with Crippen molar-refractivity contribution in [3.8, 4) is 11.8 Å². The average Bonchev–Trinajstić information content (AvgIpc) is 2.35. The second-order valence-corrected chi connectivity index (χ2v) is 3.76. The predicted octanol–water partition coefficient (Wildman–Crippen LogP) is 1.69. The summed E-state index contributed by atoms with van der Waals surface area (Å²) in [6.45, 7) is 0.527. The number of halogens is 1. The molecule has 0 atom stereocenters. The van der Waals surface area contributed by atoms with Gasteiger partial charge in [-0.3, -0.25) is 4.79 Å². The first-order valence-corrected chi connectivity index (χ1v) is 5.77. The molecule has 0 unspecified atom stereocenters. The molecule has 0 aliphatic heterocycles. The van der Waals surface area contributed by atoms with E-state index in [4.69, 9.17) is 10.00 Å². The summed E-state index contributed by atoms with van der Waals surface area (Å²) in [4.78, 5) is 11.7. The zero-order chi connectivity index (χ0) is 12.0. The number of nitriles is 1. The number of amides is 1. The summed E-state index contributed by atoms with van der Waals surface area (Å²) in [5, 5.41) is 12.1. The number of hydrogen-bond acceptors (Lipinski definition) is 3. The highest BCUT2D eigenvalue weighted by atomic mass is 79.9. The van der Waals surface area contributed by atoms with Gasteiger partial charge in [0.05, 0.1) is 24.3 Å². The van der Waals surface area contributed by atoms with Crippen molar-refractivity contribution in [1.29, 1.82) is 5.26 Å². The molecule has 1 rings (SSSR count). The van der Waals surface area contributed by atoms with Gasteiger partial charge in [0, 0.05) is 11.9 Å². The monoisotopic (exact) mass is 282 g/mol. The Morgan fingerprint density at radius 1 is 1.62 bits per heavy atom. The molecule has 0 spiro atoms. The van der Waals surface area contributed by atoms with Crippen LogP contribution in [0.25, 0.3) is 0 Å². The molecule has 0 saturated heterocycles. The fourth-order valence-corrected chi connectivity index (χ4v) is 1.41. The van der Waals surface area contributed by atoms with Crippen molar-refractivity contribution in [3.63, 3.8) is 0 Å². The Balaban J connectivity index is 3.00. The molecule has 0 aromatic heterocycles. The van der Waals surface area contributed by atoms with Crippen molar-refractivity contribution < 1.29 is 9.53 Å². The van der Waals surface area contributed by atoms with E-state index in [1.54, 1.807) is 12.1 Å². The molecular formula is C11H11BrN2O2. The Labute approximate surface area is 102 Å². The average molecular weight is 283 g/mol. The zero-order valence-electron chi connectivity index (χ0n) is 8.79. The maximum Gasteiger partial charge on any atom is 0.255 e. The van der Waals surface area contributed by atoms with Crippen LogP contribution in [0, 0.1) is 11.3 Å². The van der Waals surface area contributed by atoms with Gasteiger partial charge in [0.15, 0.2) is 0 Å². The van der Waals surface area contributed by atoms with Crippen molar-refractivity contribution in [2.75, 3.05) is 19.0 Å². The van der Waals surface area contributed by atoms with Gasteiger partial charge < -0.3 is 10.1 Å². The lowest BCUT2D eigenvalue weighted by Crippen LogP contribution is -2.25. The van der Waals surface area contributed by atoms with E-state index >= 15 is 0 Å². The Morgan fingerprint density at radius 3 is 2.94 bits per heavy atom. The topological polar surface area (TPSA) is 62.1 Å². The molecule has 1 amide bonds. The van der Waals surface area contributed by atoms with Crippen LogP contribution in [0.15, 0.2) is 18.2 Å². The highest BCUT2D eigenvalue weighted by molar-refractivity contribution is 9.09. The SMILES string of the molecule is COc1ccc(C#N)cc1C(=O)NCCBr. The minimum atomic E-state index is -0.242. The van der Waals surface area contributed by atoms with E-state index in [0.29, 0.717) is 28.8 Å². The van der Waals surface area contributed by atoms with Crippen molar-refractivity contribution in [3.05, 3.63) is 29.3 Å². The Hall–Kier alpha value is -1.54. The number of benzene rings is 1. The van der Waals surface area contributed by atoms with Gasteiger partial charge in [-0.1, -0.05) is 15.9 Å². The van der Waals surface area contributed by atoms with Gasteiger partial charge in [-0.25, -0.2) is 0 Å². The number of nitrogens with zero attached hydrogens (tertiary/aromatic N) is 1. The van der Waals surface area contributed by atoms with Crippen molar-refractivity contribution in [2.45, 2.75) is 0 Å². The van der Waals surface area contributed by atoms with Gasteiger partial charge in [-0.2, -0.15) is 5.26 Å². The molecule has 84 valence electrons. The van der Waals surface area contributed by atoms with Gasteiger partial charge in [0.2, 0.25) is 0 Å². The third-order valence-electron chi connectivity index (χ3n) is 1.95. The number of carbonyl (C=O) groups excluding carboxylic acids is 1. The molecule has 0 radical (unpaired) electrons. The van der Waals surface area contributed by atoms with E-state index in [0.717, 1.165) is 0 Å². The number of carbonyl (C=O) groups is 1. The molecule has 4 nitrogen and oxygen atoms in total. The largest absolute Gasteiger partial charge is 0.496 e. The van der Waals surface area contributed by atoms with E-state index in [-0.39, 0.29) is 5.91 Å². The molecular weight excluding hydrogens is 272 g/mol. The minimum Gasteiger partial charge on any atom is -0.496 e. The molecule has 1 aromatic rings. The van der Waals surface area contributed by atoms with Gasteiger partial charge in [0.1, 0.15) is 5.75 Å². The summed E-state index contributed by atoms with van der Waals surface area (Å²) >= 11 is 3.22. The summed E-state index contributed by atoms with van der Waals surface area (Å²) in [5.74, 6) is 0.222. The standard InChI is InChI=1S/C11H11BrN2O2/c1-16-10-3-2-8(7-13)6-9(10)11(15)14-5-4-12/h2-3,6H,4-5H2,1H3,(H,14,15). The summed E-state index contributed by atoms with van der Waals surface area (Å²) in [6, 6.07) is 6.72. The Morgan fingerprint density at radius 2 is 2.38 bits per heavy atom. The molecule has 0 heterocycles. The maximum atomic E-state index is 11.7. The first kappa shape index (κ1) is 12.5. The van der Waals surface area contributed by atoms with Crippen molar-refractivity contribution in [2.24, 2.45) is 0 Å². The zero-order valence-corrected chi connectivity index (χ0v) is 10.4. The van der Waals surface area contributed by atoms with Gasteiger partial charge in [0.25, 0.3) is 5.91 Å². The normalized spacial score (nSPS) is 9.31. The number of alkyl halides is 1. The van der Waals surface area contributed by atoms with Crippen LogP contribution < -0.4 is 10.1 Å². The quantitative estimate of drug-likeness (QED) is 0.855. The number of rotatable bonds is 4. The predicted molar refractivity (Wildman–Crippen MR) is 63.8 cm³/mol. The van der Waals surface area contributed by atoms with Crippen LogP contribution in [0.2, 0.25) is 0 Å². The molecule has 0 aliphatic carbocycles. The van der Waals surface area contributed by atoms with Gasteiger partial charge in [-0.05, 0) is 18.2 Å². The molecule has 5 heteroatoms. The number of nitrogens with one attached hydrogen (secondary N) is 1. The van der Waals surface area contributed by atoms with E-state index in [2.05, 4.69) is 21.2 Å². The van der Waals surface area contributed by atoms with E-state index in [1.807, 2.05) is 6.07 Å². The number of hydrogen-bond donors (Lipinski definition) is 1. The third kappa shape index (κ3) is 2.97. The van der Waals surface area contributed by atoms with E-state index in [9.17, 15) is 4.79 Å². The Bertz CT molecular complexity index is 426. The van der Waals surface area contributed by atoms with Crippen LogP contribution in [-0.2, 0) is 0 Å². The number of ether oxygens (including phenoxy) is 1. The lowest BCUT2D eigenvalue weighted by molar-refractivity contribution is 0.0953. The number of methoxy groups -OCH3 is 1. The van der Waals surface area contributed by atoms with Crippen molar-refractivity contribution in [1.82, 2.24) is 5.32 Å². The summed E-state index contributed by atoms with van der Waals surface area (Å²) in [7, 11) is 1.49. The summed E-state index contributed by atoms with van der Waals surface area (Å²) in [5.41, 5.74) is 0.812. The van der Waals surface area contributed by atoms with Crippen LogP contribution in [-0.4, -0.2) is 24.9 Å². The van der Waals surface area contributed by atoms with Crippen LogP contribution in [0.3, 0.4) is 0 Å².